The first-order valence-corrected chi connectivity index (χ1v) is 6.11. The average Bonchev–Trinajstić information content (AvgIpc) is 2.38. The molecule has 8 heteroatoms. The van der Waals surface area contributed by atoms with E-state index in [9.17, 15) is 14.5 Å². The molecule has 104 valence electrons. The molecule has 0 aliphatic heterocycles. The van der Waals surface area contributed by atoms with Crippen molar-refractivity contribution >= 4 is 23.1 Å². The van der Waals surface area contributed by atoms with Crippen LogP contribution in [0.15, 0.2) is 24.5 Å². The van der Waals surface area contributed by atoms with Crippen molar-refractivity contribution in [3.05, 3.63) is 45.5 Å². The molecule has 1 aromatic carbocycles. The van der Waals surface area contributed by atoms with Crippen LogP contribution in [0.3, 0.4) is 0 Å². The van der Waals surface area contributed by atoms with E-state index in [-0.39, 0.29) is 27.8 Å². The van der Waals surface area contributed by atoms with Gasteiger partial charge in [0, 0.05) is 17.1 Å². The van der Waals surface area contributed by atoms with Crippen LogP contribution in [0, 0.1) is 15.9 Å². The number of benzene rings is 1. The largest absolute Gasteiger partial charge is 0.365 e. The van der Waals surface area contributed by atoms with E-state index in [4.69, 9.17) is 11.6 Å². The molecular weight excluding hydrogens is 287 g/mol. The van der Waals surface area contributed by atoms with Crippen LogP contribution in [-0.4, -0.2) is 21.4 Å². The lowest BCUT2D eigenvalue weighted by Crippen LogP contribution is -2.06. The van der Waals surface area contributed by atoms with Gasteiger partial charge in [0.25, 0.3) is 0 Å². The fraction of sp³-hybridized carbons (Fsp3) is 0.167. The molecule has 2 aromatic rings. The Kier molecular flexibility index (Phi) is 4.09. The van der Waals surface area contributed by atoms with E-state index < -0.39 is 10.7 Å². The lowest BCUT2D eigenvalue weighted by Gasteiger charge is -2.08. The average molecular weight is 297 g/mol. The van der Waals surface area contributed by atoms with Crippen molar-refractivity contribution < 1.29 is 9.31 Å². The van der Waals surface area contributed by atoms with Gasteiger partial charge in [-0.1, -0.05) is 11.6 Å². The minimum Gasteiger partial charge on any atom is -0.365 e. The maximum Gasteiger partial charge on any atom is 0.337 e. The number of halogens is 2. The third-order valence-corrected chi connectivity index (χ3v) is 2.77. The lowest BCUT2D eigenvalue weighted by atomic mass is 10.1. The van der Waals surface area contributed by atoms with Crippen LogP contribution in [0.25, 0.3) is 11.3 Å². The number of nitrogens with one attached hydrogen (secondary N) is 1. The number of nitrogens with zero attached hydrogens (tertiary/aromatic N) is 3. The highest BCUT2D eigenvalue weighted by Crippen LogP contribution is 2.34. The first-order chi connectivity index (χ1) is 9.54. The van der Waals surface area contributed by atoms with Crippen molar-refractivity contribution in [1.29, 1.82) is 0 Å². The van der Waals surface area contributed by atoms with Gasteiger partial charge in [-0.25, -0.2) is 14.4 Å². The Morgan fingerprint density at radius 3 is 2.80 bits per heavy atom. The van der Waals surface area contributed by atoms with Crippen molar-refractivity contribution in [1.82, 2.24) is 9.97 Å². The topological polar surface area (TPSA) is 81.0 Å². The summed E-state index contributed by atoms with van der Waals surface area (Å²) in [5.41, 5.74) is -0.451. The second kappa shape index (κ2) is 5.79. The van der Waals surface area contributed by atoms with Crippen LogP contribution in [0.2, 0.25) is 5.02 Å². The summed E-state index contributed by atoms with van der Waals surface area (Å²) in [6.45, 7) is 2.22. The molecule has 0 fully saturated rings. The molecule has 0 bridgehead atoms. The van der Waals surface area contributed by atoms with Crippen LogP contribution < -0.4 is 5.32 Å². The zero-order valence-electron chi connectivity index (χ0n) is 10.4. The van der Waals surface area contributed by atoms with Gasteiger partial charge < -0.3 is 5.32 Å². The molecule has 0 aliphatic rings. The maximum atomic E-state index is 13.9. The van der Waals surface area contributed by atoms with Crippen molar-refractivity contribution in [2.45, 2.75) is 6.92 Å². The van der Waals surface area contributed by atoms with Crippen molar-refractivity contribution in [2.75, 3.05) is 11.9 Å². The molecule has 0 spiro atoms. The number of anilines is 1. The first-order valence-electron chi connectivity index (χ1n) is 5.73. The number of aromatic nitrogens is 2. The van der Waals surface area contributed by atoms with E-state index in [0.717, 1.165) is 12.4 Å². The summed E-state index contributed by atoms with van der Waals surface area (Å²) in [7, 11) is 0. The van der Waals surface area contributed by atoms with Crippen LogP contribution in [0.4, 0.5) is 15.9 Å². The Balaban J connectivity index is 2.67. The molecule has 0 aliphatic carbocycles. The van der Waals surface area contributed by atoms with Crippen molar-refractivity contribution in [2.24, 2.45) is 0 Å². The Bertz CT molecular complexity index is 666. The lowest BCUT2D eigenvalue weighted by molar-refractivity contribution is -0.383. The van der Waals surface area contributed by atoms with Crippen LogP contribution in [0.1, 0.15) is 6.92 Å². The Morgan fingerprint density at radius 1 is 1.45 bits per heavy atom. The van der Waals surface area contributed by atoms with E-state index >= 15 is 0 Å². The molecular formula is C12H10ClFN4O2. The minimum absolute atomic E-state index is 0.00246. The minimum atomic E-state index is -0.679. The highest BCUT2D eigenvalue weighted by Gasteiger charge is 2.25. The molecule has 2 rings (SSSR count). The monoisotopic (exact) mass is 296 g/mol. The van der Waals surface area contributed by atoms with Gasteiger partial charge in [0.05, 0.1) is 4.92 Å². The number of hydrogen-bond donors (Lipinski definition) is 1. The maximum absolute atomic E-state index is 13.9. The van der Waals surface area contributed by atoms with Gasteiger partial charge in [-0.2, -0.15) is 0 Å². The molecule has 0 atom stereocenters. The zero-order chi connectivity index (χ0) is 14.7. The summed E-state index contributed by atoms with van der Waals surface area (Å²) in [5.74, 6) is -0.626. The fourth-order valence-corrected chi connectivity index (χ4v) is 1.89. The van der Waals surface area contributed by atoms with Crippen molar-refractivity contribution in [3.63, 3.8) is 0 Å². The molecule has 0 saturated carbocycles. The van der Waals surface area contributed by atoms with E-state index in [0.29, 0.717) is 6.54 Å². The van der Waals surface area contributed by atoms with Gasteiger partial charge in [-0.15, -0.1) is 0 Å². The van der Waals surface area contributed by atoms with E-state index in [1.165, 1.54) is 12.1 Å². The van der Waals surface area contributed by atoms with Gasteiger partial charge in [0.1, 0.15) is 12.1 Å². The molecule has 20 heavy (non-hydrogen) atoms. The third kappa shape index (κ3) is 2.67. The molecule has 1 N–H and O–H groups in total. The molecule has 1 aromatic heterocycles. The predicted molar refractivity (Wildman–Crippen MR) is 73.3 cm³/mol. The second-order valence-electron chi connectivity index (χ2n) is 3.83. The van der Waals surface area contributed by atoms with Gasteiger partial charge in [0.15, 0.2) is 5.69 Å². The number of nitro groups is 1. The molecule has 1 heterocycles. The van der Waals surface area contributed by atoms with Gasteiger partial charge in [-0.05, 0) is 25.1 Å². The van der Waals surface area contributed by atoms with Crippen LogP contribution >= 0.6 is 11.6 Å². The fourth-order valence-electron chi connectivity index (χ4n) is 1.73. The number of rotatable bonds is 4. The zero-order valence-corrected chi connectivity index (χ0v) is 11.2. The van der Waals surface area contributed by atoms with Gasteiger partial charge >= 0.3 is 5.69 Å². The SMILES string of the molecule is CCNc1ncnc(-c2ccc(Cl)cc2F)c1[N+](=O)[O-]. The van der Waals surface area contributed by atoms with E-state index in [2.05, 4.69) is 15.3 Å². The number of hydrogen-bond acceptors (Lipinski definition) is 5. The molecule has 6 nitrogen and oxygen atoms in total. The standard InChI is InChI=1S/C12H10ClFN4O2/c1-2-15-12-11(18(19)20)10(16-6-17-12)8-4-3-7(13)5-9(8)14/h3-6H,2H2,1H3,(H,15,16,17). The summed E-state index contributed by atoms with van der Waals surface area (Å²) in [6.07, 6.45) is 1.15. The quantitative estimate of drug-likeness (QED) is 0.691. The highest BCUT2D eigenvalue weighted by atomic mass is 35.5. The summed E-state index contributed by atoms with van der Waals surface area (Å²) in [5, 5.41) is 14.2. The normalized spacial score (nSPS) is 10.3. The van der Waals surface area contributed by atoms with Crippen LogP contribution in [0.5, 0.6) is 0 Å². The third-order valence-electron chi connectivity index (χ3n) is 2.54. The Morgan fingerprint density at radius 2 is 2.20 bits per heavy atom. The Labute approximate surface area is 118 Å². The summed E-state index contributed by atoms with van der Waals surface area (Å²) >= 11 is 5.67. The predicted octanol–water partition coefficient (Wildman–Crippen LogP) is 3.28. The Hall–Kier alpha value is -2.28. The second-order valence-corrected chi connectivity index (χ2v) is 4.27. The molecule has 0 amide bonds. The smallest absolute Gasteiger partial charge is 0.337 e. The molecule has 0 radical (unpaired) electrons. The van der Waals surface area contributed by atoms with E-state index in [1.807, 2.05) is 0 Å². The summed E-state index contributed by atoms with van der Waals surface area (Å²) in [6, 6.07) is 3.87. The highest BCUT2D eigenvalue weighted by molar-refractivity contribution is 6.30. The summed E-state index contributed by atoms with van der Waals surface area (Å²) < 4.78 is 13.9. The molecule has 0 unspecified atom stereocenters. The van der Waals surface area contributed by atoms with E-state index in [1.54, 1.807) is 6.92 Å². The van der Waals surface area contributed by atoms with Gasteiger partial charge in [0.2, 0.25) is 5.82 Å². The summed E-state index contributed by atoms with van der Waals surface area (Å²) in [4.78, 5) is 18.2. The van der Waals surface area contributed by atoms with Gasteiger partial charge in [-0.3, -0.25) is 10.1 Å². The molecule has 0 saturated heterocycles. The first kappa shape index (κ1) is 14.1. The van der Waals surface area contributed by atoms with Crippen molar-refractivity contribution in [3.8, 4) is 11.3 Å². The van der Waals surface area contributed by atoms with Crippen LogP contribution in [-0.2, 0) is 0 Å².